The van der Waals surface area contributed by atoms with Gasteiger partial charge in [-0.25, -0.2) is 4.68 Å². The lowest BCUT2D eigenvalue weighted by Crippen LogP contribution is -2.25. The lowest BCUT2D eigenvalue weighted by Gasteiger charge is -2.21. The number of carbonyl (C=O) groups is 1. The first-order valence-corrected chi connectivity index (χ1v) is 13.7. The number of rotatable bonds is 11. The van der Waals surface area contributed by atoms with Crippen molar-refractivity contribution in [2.24, 2.45) is 11.7 Å². The second kappa shape index (κ2) is 11.5. The summed E-state index contributed by atoms with van der Waals surface area (Å²) in [4.78, 5) is 13.6. The number of Topliss-reactive ketones (excluding diaryl/α,β-unsaturated/α-hetero) is 1. The number of ketones is 1. The van der Waals surface area contributed by atoms with Gasteiger partial charge in [-0.2, -0.15) is 5.10 Å². The van der Waals surface area contributed by atoms with Crippen molar-refractivity contribution in [3.05, 3.63) is 118 Å². The van der Waals surface area contributed by atoms with Gasteiger partial charge in [0.25, 0.3) is 0 Å². The van der Waals surface area contributed by atoms with Crippen LogP contribution in [0.2, 0.25) is 0 Å². The van der Waals surface area contributed by atoms with E-state index in [4.69, 9.17) is 5.73 Å². The third-order valence-electron chi connectivity index (χ3n) is 7.40. The number of nitrogens with one attached hydrogen (secondary N) is 1. The number of benzene rings is 3. The van der Waals surface area contributed by atoms with E-state index in [0.29, 0.717) is 24.6 Å². The molecule has 1 atom stereocenters. The van der Waals surface area contributed by atoms with Gasteiger partial charge in [0.05, 0.1) is 17.4 Å². The number of hydrogen-bond acceptors (Lipinski definition) is 4. The maximum Gasteiger partial charge on any atom is 0.185 e. The summed E-state index contributed by atoms with van der Waals surface area (Å²) in [5.74, 6) is 1.33. The van der Waals surface area contributed by atoms with Crippen molar-refractivity contribution in [1.29, 1.82) is 0 Å². The van der Waals surface area contributed by atoms with E-state index in [1.165, 1.54) is 29.5 Å². The van der Waals surface area contributed by atoms with Gasteiger partial charge >= 0.3 is 0 Å². The molecule has 3 N–H and O–H groups in total. The molecule has 0 radical (unpaired) electrons. The van der Waals surface area contributed by atoms with Gasteiger partial charge in [-0.15, -0.1) is 0 Å². The second-order valence-electron chi connectivity index (χ2n) is 10.9. The number of nitrogens with zero attached hydrogens (tertiary/aromatic N) is 2. The van der Waals surface area contributed by atoms with Crippen molar-refractivity contribution in [3.8, 4) is 5.69 Å². The minimum atomic E-state index is 0.0460. The van der Waals surface area contributed by atoms with Gasteiger partial charge in [-0.1, -0.05) is 74.5 Å². The summed E-state index contributed by atoms with van der Waals surface area (Å²) < 4.78 is 1.75. The molecule has 1 unspecified atom stereocenters. The van der Waals surface area contributed by atoms with Gasteiger partial charge in [-0.05, 0) is 84.2 Å². The van der Waals surface area contributed by atoms with Gasteiger partial charge in [0.1, 0.15) is 5.69 Å². The standard InChI is InChI=1S/C33H38N4O/c1-22(2)27-12-14-28(15-13-27)33(35-21-24-10-11-24)29-8-4-6-25(17-29)19-32(38)31-16-23(3)36-37(31)30-9-5-7-26(18-30)20-34/h4-9,12-18,22,24,33,35H,10-11,19-21,34H2,1-3H3. The molecule has 1 aliphatic rings. The van der Waals surface area contributed by atoms with Crippen LogP contribution in [0.1, 0.15) is 82.6 Å². The van der Waals surface area contributed by atoms with Crippen molar-refractivity contribution in [1.82, 2.24) is 15.1 Å². The van der Waals surface area contributed by atoms with Crippen LogP contribution >= 0.6 is 0 Å². The summed E-state index contributed by atoms with van der Waals surface area (Å²) in [5.41, 5.74) is 13.9. The predicted octanol–water partition coefficient (Wildman–Crippen LogP) is 6.28. The Labute approximate surface area is 226 Å². The molecule has 1 saturated carbocycles. The minimum Gasteiger partial charge on any atom is -0.326 e. The molecule has 5 heteroatoms. The molecule has 5 nitrogen and oxygen atoms in total. The lowest BCUT2D eigenvalue weighted by molar-refractivity contribution is 0.0985. The molecule has 196 valence electrons. The molecule has 0 bridgehead atoms. The van der Waals surface area contributed by atoms with Crippen LogP contribution in [-0.4, -0.2) is 22.1 Å². The molecule has 38 heavy (non-hydrogen) atoms. The molecule has 0 spiro atoms. The van der Waals surface area contributed by atoms with Crippen molar-refractivity contribution in [2.75, 3.05) is 6.54 Å². The molecule has 0 aliphatic heterocycles. The van der Waals surface area contributed by atoms with Gasteiger partial charge in [0.15, 0.2) is 5.78 Å². The molecular formula is C33H38N4O. The quantitative estimate of drug-likeness (QED) is 0.235. The van der Waals surface area contributed by atoms with E-state index < -0.39 is 0 Å². The normalized spacial score (nSPS) is 14.1. The topological polar surface area (TPSA) is 72.9 Å². The monoisotopic (exact) mass is 506 g/mol. The van der Waals surface area contributed by atoms with E-state index in [2.05, 4.69) is 66.7 Å². The lowest BCUT2D eigenvalue weighted by atomic mass is 9.93. The Bertz CT molecular complexity index is 1400. The van der Waals surface area contributed by atoms with Crippen molar-refractivity contribution in [3.63, 3.8) is 0 Å². The maximum absolute atomic E-state index is 13.6. The zero-order valence-electron chi connectivity index (χ0n) is 22.7. The highest BCUT2D eigenvalue weighted by atomic mass is 16.1. The predicted molar refractivity (Wildman–Crippen MR) is 154 cm³/mol. The molecule has 3 aromatic carbocycles. The Morgan fingerprint density at radius 3 is 2.37 bits per heavy atom. The Hall–Kier alpha value is -3.54. The minimum absolute atomic E-state index is 0.0460. The number of hydrogen-bond donors (Lipinski definition) is 2. The molecule has 0 amide bonds. The van der Waals surface area contributed by atoms with Crippen LogP contribution in [0.4, 0.5) is 0 Å². The Morgan fingerprint density at radius 2 is 1.66 bits per heavy atom. The van der Waals surface area contributed by atoms with Crippen molar-refractivity contribution < 1.29 is 4.79 Å². The molecule has 1 aliphatic carbocycles. The van der Waals surface area contributed by atoms with Crippen molar-refractivity contribution in [2.45, 2.75) is 58.5 Å². The summed E-state index contributed by atoms with van der Waals surface area (Å²) in [5, 5.41) is 8.43. The second-order valence-corrected chi connectivity index (χ2v) is 10.9. The Kier molecular flexibility index (Phi) is 7.87. The van der Waals surface area contributed by atoms with Crippen LogP contribution in [0.5, 0.6) is 0 Å². The smallest absolute Gasteiger partial charge is 0.185 e. The SMILES string of the molecule is Cc1cc(C(=O)Cc2cccc(C(NCC3CC3)c3ccc(C(C)C)cc3)c2)n(-c2cccc(CN)c2)n1. The fourth-order valence-corrected chi connectivity index (χ4v) is 4.98. The summed E-state index contributed by atoms with van der Waals surface area (Å²) in [6, 6.07) is 27.3. The average Bonchev–Trinajstić information content (AvgIpc) is 3.67. The third-order valence-corrected chi connectivity index (χ3v) is 7.40. The van der Waals surface area contributed by atoms with E-state index in [9.17, 15) is 4.79 Å². The molecule has 1 heterocycles. The highest BCUT2D eigenvalue weighted by Crippen LogP contribution is 2.31. The van der Waals surface area contributed by atoms with E-state index >= 15 is 0 Å². The molecule has 0 saturated heterocycles. The number of nitrogens with two attached hydrogens (primary N) is 1. The summed E-state index contributed by atoms with van der Waals surface area (Å²) in [6.45, 7) is 7.82. The van der Waals surface area contributed by atoms with Crippen LogP contribution in [0.25, 0.3) is 5.69 Å². The van der Waals surface area contributed by atoms with E-state index in [1.807, 2.05) is 43.3 Å². The van der Waals surface area contributed by atoms with Crippen molar-refractivity contribution >= 4 is 5.78 Å². The fraction of sp³-hybridized carbons (Fsp3) is 0.333. The van der Waals surface area contributed by atoms with Crippen LogP contribution in [0.15, 0.2) is 78.9 Å². The maximum atomic E-state index is 13.6. The number of aromatic nitrogens is 2. The Morgan fingerprint density at radius 1 is 0.947 bits per heavy atom. The van der Waals surface area contributed by atoms with Crippen LogP contribution in [0, 0.1) is 12.8 Å². The Balaban J connectivity index is 1.40. The first-order valence-electron chi connectivity index (χ1n) is 13.7. The number of carbonyl (C=O) groups excluding carboxylic acids is 1. The zero-order valence-corrected chi connectivity index (χ0v) is 22.7. The van der Waals surface area contributed by atoms with Crippen LogP contribution < -0.4 is 11.1 Å². The van der Waals surface area contributed by atoms with E-state index in [0.717, 1.165) is 35.0 Å². The molecule has 4 aromatic rings. The van der Waals surface area contributed by atoms with Crippen LogP contribution in [0.3, 0.4) is 0 Å². The molecule has 1 aromatic heterocycles. The zero-order chi connectivity index (χ0) is 26.6. The van der Waals surface area contributed by atoms with Gasteiger partial charge in [0.2, 0.25) is 0 Å². The van der Waals surface area contributed by atoms with E-state index in [-0.39, 0.29) is 11.8 Å². The summed E-state index contributed by atoms with van der Waals surface area (Å²) >= 11 is 0. The fourth-order valence-electron chi connectivity index (χ4n) is 4.98. The first kappa shape index (κ1) is 26.1. The average molecular weight is 507 g/mol. The summed E-state index contributed by atoms with van der Waals surface area (Å²) in [6.07, 6.45) is 2.93. The molecular weight excluding hydrogens is 468 g/mol. The highest BCUT2D eigenvalue weighted by Gasteiger charge is 2.24. The highest BCUT2D eigenvalue weighted by molar-refractivity contribution is 5.96. The van der Waals surface area contributed by atoms with Gasteiger partial charge < -0.3 is 11.1 Å². The summed E-state index contributed by atoms with van der Waals surface area (Å²) in [7, 11) is 0. The van der Waals surface area contributed by atoms with Gasteiger partial charge in [-0.3, -0.25) is 4.79 Å². The largest absolute Gasteiger partial charge is 0.326 e. The molecule has 1 fully saturated rings. The van der Waals surface area contributed by atoms with E-state index in [1.54, 1.807) is 4.68 Å². The first-order chi connectivity index (χ1) is 18.4. The van der Waals surface area contributed by atoms with Crippen LogP contribution in [-0.2, 0) is 13.0 Å². The van der Waals surface area contributed by atoms with Gasteiger partial charge in [0, 0.05) is 13.0 Å². The number of aryl methyl sites for hydroxylation is 1. The molecule has 5 rings (SSSR count). The third kappa shape index (κ3) is 6.12.